The molecule has 0 bridgehead atoms. The van der Waals surface area contributed by atoms with Crippen molar-refractivity contribution in [2.45, 2.75) is 41.5 Å². The van der Waals surface area contributed by atoms with Crippen molar-refractivity contribution in [2.24, 2.45) is 35.5 Å². The van der Waals surface area contributed by atoms with Crippen LogP contribution in [0.1, 0.15) is 41.5 Å². The summed E-state index contributed by atoms with van der Waals surface area (Å²) in [6, 6.07) is 0. The number of hydrogen-bond donors (Lipinski definition) is 0. The number of sulfonamides is 1. The van der Waals surface area contributed by atoms with Gasteiger partial charge in [-0.15, -0.1) is 0 Å². The Morgan fingerprint density at radius 3 is 1.25 bits per heavy atom. The SMILES string of the molecule is CC(C)C1CN(CCS(C)(=O)=O)C1.CC(C)C1CN(CS(C)(=O)=O)C1.CC(C)C1CN(S(C)(=O)=O)C1. The molecule has 3 aliphatic rings. The van der Waals surface area contributed by atoms with E-state index in [1.165, 1.54) is 23.1 Å². The van der Waals surface area contributed by atoms with Gasteiger partial charge in [0.25, 0.3) is 0 Å². The van der Waals surface area contributed by atoms with Crippen LogP contribution < -0.4 is 0 Å². The molecule has 0 amide bonds. The molecular weight excluding hydrogens is 522 g/mol. The van der Waals surface area contributed by atoms with Crippen LogP contribution in [0.2, 0.25) is 0 Å². The Morgan fingerprint density at radius 2 is 0.944 bits per heavy atom. The highest BCUT2D eigenvalue weighted by Gasteiger charge is 2.34. The molecule has 0 spiro atoms. The van der Waals surface area contributed by atoms with Crippen molar-refractivity contribution < 1.29 is 25.3 Å². The number of nitrogens with zero attached hydrogens (tertiary/aromatic N) is 3. The Kier molecular flexibility index (Phi) is 12.8. The molecule has 12 heteroatoms. The molecule has 0 aromatic heterocycles. The average Bonchev–Trinajstić information content (AvgIpc) is 2.51. The molecule has 0 unspecified atom stereocenters. The molecule has 9 nitrogen and oxygen atoms in total. The summed E-state index contributed by atoms with van der Waals surface area (Å²) in [4.78, 5) is 4.20. The Bertz CT molecular complexity index is 976. The van der Waals surface area contributed by atoms with Crippen molar-refractivity contribution in [1.29, 1.82) is 0 Å². The monoisotopic (exact) mass is 573 g/mol. The fraction of sp³-hybridized carbons (Fsp3) is 1.00. The van der Waals surface area contributed by atoms with Gasteiger partial charge < -0.3 is 4.90 Å². The van der Waals surface area contributed by atoms with Gasteiger partial charge in [0.05, 0.1) is 12.0 Å². The summed E-state index contributed by atoms with van der Waals surface area (Å²) in [7, 11) is -8.48. The van der Waals surface area contributed by atoms with Gasteiger partial charge in [-0.3, -0.25) is 4.90 Å². The van der Waals surface area contributed by atoms with Gasteiger partial charge >= 0.3 is 0 Å². The highest BCUT2D eigenvalue weighted by Crippen LogP contribution is 2.25. The smallest absolute Gasteiger partial charge is 0.211 e. The molecule has 3 heterocycles. The molecule has 0 aromatic carbocycles. The van der Waals surface area contributed by atoms with Crippen LogP contribution in [0, 0.1) is 35.5 Å². The third-order valence-corrected chi connectivity index (χ3v) is 10.3. The van der Waals surface area contributed by atoms with Gasteiger partial charge in [0.2, 0.25) is 10.0 Å². The van der Waals surface area contributed by atoms with Gasteiger partial charge in [0.1, 0.15) is 15.7 Å². The predicted molar refractivity (Wildman–Crippen MR) is 149 cm³/mol. The van der Waals surface area contributed by atoms with E-state index in [2.05, 4.69) is 46.4 Å². The second-order valence-electron chi connectivity index (χ2n) is 12.1. The number of rotatable bonds is 9. The van der Waals surface area contributed by atoms with Crippen LogP contribution in [0.3, 0.4) is 0 Å². The normalized spacial score (nSPS) is 21.3. The van der Waals surface area contributed by atoms with Crippen LogP contribution in [0.15, 0.2) is 0 Å². The molecule has 0 N–H and O–H groups in total. The van der Waals surface area contributed by atoms with Crippen LogP contribution in [-0.4, -0.2) is 116 Å². The summed E-state index contributed by atoms with van der Waals surface area (Å²) >= 11 is 0. The predicted octanol–water partition coefficient (Wildman–Crippen LogP) is 1.73. The van der Waals surface area contributed by atoms with E-state index >= 15 is 0 Å². The average molecular weight is 574 g/mol. The summed E-state index contributed by atoms with van der Waals surface area (Å²) in [6.07, 6.45) is 3.85. The van der Waals surface area contributed by atoms with Crippen LogP contribution in [0.4, 0.5) is 0 Å². The molecule has 0 radical (unpaired) electrons. The van der Waals surface area contributed by atoms with E-state index in [1.807, 2.05) is 4.90 Å². The minimum absolute atomic E-state index is 0.232. The first-order valence-electron chi connectivity index (χ1n) is 12.9. The van der Waals surface area contributed by atoms with Crippen molar-refractivity contribution in [3.05, 3.63) is 0 Å². The minimum Gasteiger partial charge on any atom is -0.302 e. The quantitative estimate of drug-likeness (QED) is 0.410. The lowest BCUT2D eigenvalue weighted by atomic mass is 9.89. The zero-order valence-electron chi connectivity index (χ0n) is 23.8. The van der Waals surface area contributed by atoms with Gasteiger partial charge in [-0.1, -0.05) is 41.5 Å². The van der Waals surface area contributed by atoms with E-state index in [-0.39, 0.29) is 5.88 Å². The fourth-order valence-corrected chi connectivity index (χ4v) is 6.53. The van der Waals surface area contributed by atoms with Gasteiger partial charge in [-0.05, 0) is 35.5 Å². The third kappa shape index (κ3) is 13.0. The first-order chi connectivity index (χ1) is 16.2. The van der Waals surface area contributed by atoms with E-state index in [4.69, 9.17) is 0 Å². The second kappa shape index (κ2) is 13.7. The molecule has 0 saturated carbocycles. The first kappa shape index (κ1) is 33.8. The van der Waals surface area contributed by atoms with Crippen molar-refractivity contribution in [3.8, 4) is 0 Å². The molecule has 216 valence electrons. The lowest BCUT2D eigenvalue weighted by Crippen LogP contribution is -2.51. The highest BCUT2D eigenvalue weighted by molar-refractivity contribution is 7.90. The van der Waals surface area contributed by atoms with E-state index in [1.54, 1.807) is 0 Å². The Morgan fingerprint density at radius 1 is 0.583 bits per heavy atom. The van der Waals surface area contributed by atoms with E-state index in [0.29, 0.717) is 36.0 Å². The van der Waals surface area contributed by atoms with Crippen molar-refractivity contribution in [2.75, 3.05) is 76.2 Å². The standard InChI is InChI=1S/C9H19NO2S.C8H17NO2S.C7H15NO2S/c1-8(2)9-6-10(7-9)4-5-13(3,11)12;1-7(2)8-4-9(5-8)6-12(3,10)11;1-6(2)7-4-8(5-7)11(3,9)10/h8-9H,4-7H2,1-3H3;7-8H,4-6H2,1-3H3;6-7H,4-5H2,1-3H3. The maximum atomic E-state index is 10.9. The number of sulfone groups is 2. The molecule has 0 aromatic rings. The Balaban J connectivity index is 0.000000271. The minimum atomic E-state index is -2.90. The largest absolute Gasteiger partial charge is 0.302 e. The van der Waals surface area contributed by atoms with Crippen LogP contribution in [-0.2, 0) is 29.7 Å². The van der Waals surface area contributed by atoms with E-state index < -0.39 is 29.7 Å². The lowest BCUT2D eigenvalue weighted by molar-refractivity contribution is 0.0752. The van der Waals surface area contributed by atoms with Crippen molar-refractivity contribution in [3.63, 3.8) is 0 Å². The van der Waals surface area contributed by atoms with E-state index in [0.717, 1.165) is 51.1 Å². The third-order valence-electron chi connectivity index (χ3n) is 7.34. The zero-order chi connectivity index (χ0) is 28.1. The summed E-state index contributed by atoms with van der Waals surface area (Å²) in [6.45, 7) is 19.3. The van der Waals surface area contributed by atoms with Gasteiger partial charge in [-0.2, -0.15) is 0 Å². The topological polar surface area (TPSA) is 112 Å². The first-order valence-corrected chi connectivity index (χ1v) is 18.9. The molecule has 3 fully saturated rings. The van der Waals surface area contributed by atoms with Gasteiger partial charge in [-0.25, -0.2) is 29.6 Å². The second-order valence-corrected chi connectivity index (χ2v) is 18.4. The molecule has 3 saturated heterocycles. The van der Waals surface area contributed by atoms with Gasteiger partial charge in [0, 0.05) is 58.3 Å². The molecule has 0 aliphatic carbocycles. The number of hydrogen-bond acceptors (Lipinski definition) is 8. The summed E-state index contributed by atoms with van der Waals surface area (Å²) in [5.41, 5.74) is 0. The van der Waals surface area contributed by atoms with Gasteiger partial charge in [0.15, 0.2) is 9.84 Å². The summed E-state index contributed by atoms with van der Waals surface area (Å²) < 4.78 is 66.8. The van der Waals surface area contributed by atoms with Crippen molar-refractivity contribution in [1.82, 2.24) is 14.1 Å². The number of likely N-dealkylation sites (tertiary alicyclic amines) is 2. The maximum absolute atomic E-state index is 10.9. The fourth-order valence-electron chi connectivity index (χ4n) is 4.14. The summed E-state index contributed by atoms with van der Waals surface area (Å²) in [5, 5.41) is 0. The molecule has 0 atom stereocenters. The Labute approximate surface area is 221 Å². The molecular formula is C24H51N3O6S3. The van der Waals surface area contributed by atoms with Crippen molar-refractivity contribution >= 4 is 29.7 Å². The summed E-state index contributed by atoms with van der Waals surface area (Å²) in [5.74, 6) is 4.60. The molecule has 3 aliphatic heterocycles. The van der Waals surface area contributed by atoms with Crippen LogP contribution >= 0.6 is 0 Å². The molecule has 36 heavy (non-hydrogen) atoms. The van der Waals surface area contributed by atoms with E-state index in [9.17, 15) is 25.3 Å². The van der Waals surface area contributed by atoms with Crippen LogP contribution in [0.5, 0.6) is 0 Å². The zero-order valence-corrected chi connectivity index (χ0v) is 26.3. The molecule has 3 rings (SSSR count). The van der Waals surface area contributed by atoms with Crippen LogP contribution in [0.25, 0.3) is 0 Å². The maximum Gasteiger partial charge on any atom is 0.211 e. The lowest BCUT2D eigenvalue weighted by Gasteiger charge is -2.41. The highest BCUT2D eigenvalue weighted by atomic mass is 32.2. The Hall–Kier alpha value is -0.270.